The molecule has 0 aliphatic heterocycles. The van der Waals surface area contributed by atoms with E-state index in [0.29, 0.717) is 24.3 Å². The molecule has 0 spiro atoms. The Kier molecular flexibility index (Phi) is 12.7. The van der Waals surface area contributed by atoms with E-state index in [2.05, 4.69) is 23.6 Å². The molecule has 8 heteroatoms. The van der Waals surface area contributed by atoms with E-state index in [0.717, 1.165) is 35.3 Å². The molecule has 1 aromatic rings. The third-order valence-corrected chi connectivity index (χ3v) is 6.15. The second kappa shape index (κ2) is 14.7. The van der Waals surface area contributed by atoms with Crippen LogP contribution in [0.2, 0.25) is 0 Å². The van der Waals surface area contributed by atoms with E-state index in [1.807, 2.05) is 38.3 Å². The summed E-state index contributed by atoms with van der Waals surface area (Å²) in [5.74, 6) is -0.258. The van der Waals surface area contributed by atoms with Gasteiger partial charge in [0.2, 0.25) is 5.91 Å². The topological polar surface area (TPSA) is 87.7 Å². The van der Waals surface area contributed by atoms with Crippen LogP contribution in [-0.2, 0) is 14.3 Å². The smallest absolute Gasteiger partial charge is 0.408 e. The molecule has 0 radical (unpaired) electrons. The first-order chi connectivity index (χ1) is 16.5. The van der Waals surface area contributed by atoms with E-state index < -0.39 is 29.7 Å². The van der Waals surface area contributed by atoms with Gasteiger partial charge in [0.15, 0.2) is 0 Å². The van der Waals surface area contributed by atoms with Crippen LogP contribution in [0.3, 0.4) is 0 Å². The zero-order chi connectivity index (χ0) is 26.6. The molecular weight excluding hydrogens is 462 g/mol. The summed E-state index contributed by atoms with van der Waals surface area (Å²) in [5.41, 5.74) is 1.81. The summed E-state index contributed by atoms with van der Waals surface area (Å²) in [6, 6.07) is 6.08. The number of carbonyl (C=O) groups excluding carboxylic acids is 3. The number of terminal acetylenes is 1. The Labute approximate surface area is 215 Å². The van der Waals surface area contributed by atoms with Crippen LogP contribution in [0, 0.1) is 26.3 Å². The molecule has 0 saturated carbocycles. The predicted molar refractivity (Wildman–Crippen MR) is 143 cm³/mol. The van der Waals surface area contributed by atoms with Crippen molar-refractivity contribution in [3.05, 3.63) is 34.9 Å². The number of thioether (sulfide) groups is 1. The van der Waals surface area contributed by atoms with Crippen molar-refractivity contribution < 1.29 is 19.1 Å². The van der Waals surface area contributed by atoms with E-state index in [4.69, 9.17) is 11.2 Å². The Morgan fingerprint density at radius 1 is 1.20 bits per heavy atom. The largest absolute Gasteiger partial charge is 0.444 e. The molecule has 0 fully saturated rings. The van der Waals surface area contributed by atoms with Crippen LogP contribution in [0.4, 0.5) is 4.79 Å². The monoisotopic (exact) mass is 503 g/mol. The lowest BCUT2D eigenvalue weighted by Gasteiger charge is -2.31. The van der Waals surface area contributed by atoms with Crippen molar-refractivity contribution in [2.45, 2.75) is 84.9 Å². The first-order valence-electron chi connectivity index (χ1n) is 12.1. The summed E-state index contributed by atoms with van der Waals surface area (Å²) in [7, 11) is 0. The number of alkyl carbamates (subject to hydrolysis) is 1. The molecule has 35 heavy (non-hydrogen) atoms. The van der Waals surface area contributed by atoms with Crippen molar-refractivity contribution in [1.82, 2.24) is 15.5 Å². The molecule has 2 atom stereocenters. The fourth-order valence-corrected chi connectivity index (χ4v) is 4.00. The maximum atomic E-state index is 13.7. The average Bonchev–Trinajstić information content (AvgIpc) is 2.78. The van der Waals surface area contributed by atoms with Gasteiger partial charge in [-0.05, 0) is 76.2 Å². The summed E-state index contributed by atoms with van der Waals surface area (Å²) in [4.78, 5) is 40.7. The van der Waals surface area contributed by atoms with Gasteiger partial charge in [0.1, 0.15) is 17.7 Å². The number of nitrogens with one attached hydrogen (secondary N) is 2. The molecule has 0 aliphatic carbocycles. The van der Waals surface area contributed by atoms with Gasteiger partial charge < -0.3 is 15.4 Å². The maximum Gasteiger partial charge on any atom is 0.408 e. The van der Waals surface area contributed by atoms with Crippen molar-refractivity contribution in [2.75, 3.05) is 18.6 Å². The molecule has 0 saturated heterocycles. The summed E-state index contributed by atoms with van der Waals surface area (Å²) >= 11 is 1.54. The number of hydrogen-bond acceptors (Lipinski definition) is 5. The minimum absolute atomic E-state index is 0.342. The standard InChI is InChI=1S/C27H41N3O4S/c1-9-11-12-17-28-24(31)23(21-15-13-14-19(3)20(21)4)30(10-2)25(32)22(16-18-35-8)29-26(33)34-27(5,6)7/h2,13-15,22-23H,9,11-12,16-18H2,1,3-8H3,(H,28,31)(H,29,33). The molecule has 1 aromatic carbocycles. The van der Waals surface area contributed by atoms with Crippen LogP contribution in [0.1, 0.15) is 76.1 Å². The Morgan fingerprint density at radius 2 is 1.89 bits per heavy atom. The molecule has 3 amide bonds. The Hall–Kier alpha value is -2.66. The Bertz CT molecular complexity index is 905. The first kappa shape index (κ1) is 30.4. The number of carbonyl (C=O) groups is 3. The second-order valence-corrected chi connectivity index (χ2v) is 10.5. The van der Waals surface area contributed by atoms with Crippen LogP contribution in [0.25, 0.3) is 0 Å². The molecule has 7 nitrogen and oxygen atoms in total. The lowest BCUT2D eigenvalue weighted by Crippen LogP contribution is -2.51. The quantitative estimate of drug-likeness (QED) is 0.245. The van der Waals surface area contributed by atoms with Crippen molar-refractivity contribution in [3.8, 4) is 12.5 Å². The second-order valence-electron chi connectivity index (χ2n) is 9.51. The van der Waals surface area contributed by atoms with Crippen LogP contribution in [0.15, 0.2) is 18.2 Å². The molecule has 0 bridgehead atoms. The summed E-state index contributed by atoms with van der Waals surface area (Å²) in [6.45, 7) is 11.7. The van der Waals surface area contributed by atoms with Crippen LogP contribution >= 0.6 is 11.8 Å². The van der Waals surface area contributed by atoms with Gasteiger partial charge in [-0.1, -0.05) is 44.4 Å². The number of nitrogens with zero attached hydrogens (tertiary/aromatic N) is 1. The minimum atomic E-state index is -1.02. The lowest BCUT2D eigenvalue weighted by molar-refractivity contribution is -0.138. The average molecular weight is 504 g/mol. The number of amides is 3. The number of aryl methyl sites for hydroxylation is 1. The molecule has 1 rings (SSSR count). The van der Waals surface area contributed by atoms with Gasteiger partial charge in [-0.2, -0.15) is 11.8 Å². The van der Waals surface area contributed by atoms with Gasteiger partial charge in [0, 0.05) is 12.6 Å². The van der Waals surface area contributed by atoms with Gasteiger partial charge in [-0.15, -0.1) is 0 Å². The van der Waals surface area contributed by atoms with Gasteiger partial charge in [-0.3, -0.25) is 14.5 Å². The predicted octanol–water partition coefficient (Wildman–Crippen LogP) is 4.72. The fourth-order valence-electron chi connectivity index (χ4n) is 3.53. The fraction of sp³-hybridized carbons (Fsp3) is 0.593. The molecule has 2 unspecified atom stereocenters. The summed E-state index contributed by atoms with van der Waals surface area (Å²) in [5, 5.41) is 5.60. The van der Waals surface area contributed by atoms with E-state index >= 15 is 0 Å². The number of ether oxygens (including phenoxy) is 1. The molecule has 0 aliphatic rings. The zero-order valence-corrected chi connectivity index (χ0v) is 23.0. The van der Waals surface area contributed by atoms with Gasteiger partial charge in [-0.25, -0.2) is 4.79 Å². The lowest BCUT2D eigenvalue weighted by atomic mass is 9.95. The van der Waals surface area contributed by atoms with Gasteiger partial charge in [0.05, 0.1) is 0 Å². The molecular formula is C27H41N3O4S. The highest BCUT2D eigenvalue weighted by molar-refractivity contribution is 7.98. The van der Waals surface area contributed by atoms with Gasteiger partial charge >= 0.3 is 6.09 Å². The van der Waals surface area contributed by atoms with Crippen LogP contribution in [0.5, 0.6) is 0 Å². The molecule has 0 heterocycles. The molecule has 0 aromatic heterocycles. The number of benzene rings is 1. The zero-order valence-electron chi connectivity index (χ0n) is 22.2. The van der Waals surface area contributed by atoms with Crippen molar-refractivity contribution >= 4 is 29.7 Å². The van der Waals surface area contributed by atoms with Crippen LogP contribution < -0.4 is 10.6 Å². The van der Waals surface area contributed by atoms with E-state index in [9.17, 15) is 14.4 Å². The normalized spacial score (nSPS) is 12.7. The highest BCUT2D eigenvalue weighted by atomic mass is 32.2. The molecule has 194 valence electrons. The first-order valence-corrected chi connectivity index (χ1v) is 13.5. The van der Waals surface area contributed by atoms with E-state index in [1.54, 1.807) is 32.5 Å². The SMILES string of the molecule is C#CN(C(=O)C(CCSC)NC(=O)OC(C)(C)C)C(C(=O)NCCCCC)c1cccc(C)c1C. The Morgan fingerprint density at radius 3 is 2.46 bits per heavy atom. The Balaban J connectivity index is 3.35. The highest BCUT2D eigenvalue weighted by Crippen LogP contribution is 2.27. The van der Waals surface area contributed by atoms with Crippen molar-refractivity contribution in [3.63, 3.8) is 0 Å². The van der Waals surface area contributed by atoms with Crippen molar-refractivity contribution in [2.24, 2.45) is 0 Å². The van der Waals surface area contributed by atoms with Crippen molar-refractivity contribution in [1.29, 1.82) is 0 Å². The number of rotatable bonds is 12. The summed E-state index contributed by atoms with van der Waals surface area (Å²) < 4.78 is 5.36. The molecule has 2 N–H and O–H groups in total. The summed E-state index contributed by atoms with van der Waals surface area (Å²) in [6.07, 6.45) is 10.2. The maximum absolute atomic E-state index is 13.7. The van der Waals surface area contributed by atoms with Gasteiger partial charge in [0.25, 0.3) is 5.91 Å². The number of hydrogen-bond donors (Lipinski definition) is 2. The van der Waals surface area contributed by atoms with E-state index in [-0.39, 0.29) is 5.91 Å². The minimum Gasteiger partial charge on any atom is -0.444 e. The number of unbranched alkanes of at least 4 members (excludes halogenated alkanes) is 2. The third kappa shape index (κ3) is 9.85. The third-order valence-electron chi connectivity index (χ3n) is 5.50. The van der Waals surface area contributed by atoms with Crippen LogP contribution in [-0.4, -0.2) is 53.0 Å². The van der Waals surface area contributed by atoms with E-state index in [1.165, 1.54) is 0 Å². The highest BCUT2D eigenvalue weighted by Gasteiger charge is 2.36.